The normalized spacial score (nSPS) is 11.9. The van der Waals surface area contributed by atoms with Crippen LogP contribution in [0.2, 0.25) is 0 Å². The number of rotatable bonds is 5. The maximum atomic E-state index is 11.7. The van der Waals surface area contributed by atoms with E-state index in [-0.39, 0.29) is 12.3 Å². The van der Waals surface area contributed by atoms with E-state index in [1.165, 1.54) is 5.56 Å². The van der Waals surface area contributed by atoms with Gasteiger partial charge in [-0.05, 0) is 37.0 Å². The smallest absolute Gasteiger partial charge is 0.326 e. The van der Waals surface area contributed by atoms with E-state index in [1.54, 1.807) is 6.92 Å². The molecule has 1 aromatic carbocycles. The lowest BCUT2D eigenvalue weighted by Crippen LogP contribution is -2.40. The molecule has 0 saturated heterocycles. The lowest BCUT2D eigenvalue weighted by atomic mass is 10.0. The van der Waals surface area contributed by atoms with Gasteiger partial charge in [0.1, 0.15) is 6.04 Å². The summed E-state index contributed by atoms with van der Waals surface area (Å²) in [5.74, 6) is -1.25. The summed E-state index contributed by atoms with van der Waals surface area (Å²) in [4.78, 5) is 22.5. The lowest BCUT2D eigenvalue weighted by molar-refractivity contribution is -0.141. The second-order valence-electron chi connectivity index (χ2n) is 4.46. The van der Waals surface area contributed by atoms with Crippen LogP contribution >= 0.6 is 0 Å². The minimum atomic E-state index is -0.995. The number of aliphatic carboxylic acids is 1. The Labute approximate surface area is 107 Å². The van der Waals surface area contributed by atoms with Crippen LogP contribution in [0.3, 0.4) is 0 Å². The Morgan fingerprint density at radius 2 is 1.94 bits per heavy atom. The molecule has 98 valence electrons. The number of aryl methyl sites for hydroxylation is 2. The quantitative estimate of drug-likeness (QED) is 0.836. The summed E-state index contributed by atoms with van der Waals surface area (Å²) < 4.78 is 0. The van der Waals surface area contributed by atoms with Gasteiger partial charge in [-0.3, -0.25) is 4.79 Å². The molecule has 0 radical (unpaired) electrons. The van der Waals surface area contributed by atoms with Gasteiger partial charge in [0.15, 0.2) is 0 Å². The molecule has 0 aliphatic rings. The SMILES string of the molecule is CC[C@H](NC(=O)Cc1ccc(C)c(C)c1)C(=O)O. The average Bonchev–Trinajstić information content (AvgIpc) is 2.30. The summed E-state index contributed by atoms with van der Waals surface area (Å²) in [6.45, 7) is 5.73. The highest BCUT2D eigenvalue weighted by Crippen LogP contribution is 2.10. The minimum Gasteiger partial charge on any atom is -0.480 e. The van der Waals surface area contributed by atoms with Gasteiger partial charge in [0, 0.05) is 0 Å². The number of amides is 1. The van der Waals surface area contributed by atoms with E-state index in [2.05, 4.69) is 5.32 Å². The number of carbonyl (C=O) groups excluding carboxylic acids is 1. The number of carbonyl (C=O) groups is 2. The maximum absolute atomic E-state index is 11.7. The number of carboxylic acid groups (broad SMARTS) is 1. The summed E-state index contributed by atoms with van der Waals surface area (Å²) in [5.41, 5.74) is 3.21. The molecular formula is C14H19NO3. The molecule has 0 spiro atoms. The van der Waals surface area contributed by atoms with Crippen molar-refractivity contribution in [2.75, 3.05) is 0 Å². The van der Waals surface area contributed by atoms with E-state index >= 15 is 0 Å². The predicted molar refractivity (Wildman–Crippen MR) is 69.5 cm³/mol. The van der Waals surface area contributed by atoms with Crippen LogP contribution < -0.4 is 5.32 Å². The van der Waals surface area contributed by atoms with Crippen molar-refractivity contribution < 1.29 is 14.7 Å². The predicted octanol–water partition coefficient (Wildman–Crippen LogP) is 1.83. The van der Waals surface area contributed by atoms with Crippen LogP contribution in [0.15, 0.2) is 18.2 Å². The van der Waals surface area contributed by atoms with E-state index in [9.17, 15) is 9.59 Å². The Balaban J connectivity index is 2.64. The van der Waals surface area contributed by atoms with Crippen molar-refractivity contribution in [3.05, 3.63) is 34.9 Å². The summed E-state index contributed by atoms with van der Waals surface area (Å²) >= 11 is 0. The molecule has 2 N–H and O–H groups in total. The Morgan fingerprint density at radius 1 is 1.28 bits per heavy atom. The van der Waals surface area contributed by atoms with Crippen LogP contribution in [0.5, 0.6) is 0 Å². The molecule has 4 heteroatoms. The second kappa shape index (κ2) is 6.19. The van der Waals surface area contributed by atoms with E-state index < -0.39 is 12.0 Å². The van der Waals surface area contributed by atoms with Crippen LogP contribution in [-0.2, 0) is 16.0 Å². The van der Waals surface area contributed by atoms with Gasteiger partial charge in [0.25, 0.3) is 0 Å². The molecule has 0 aliphatic heterocycles. The third-order valence-electron chi connectivity index (χ3n) is 2.98. The topological polar surface area (TPSA) is 66.4 Å². The van der Waals surface area contributed by atoms with Gasteiger partial charge < -0.3 is 10.4 Å². The molecule has 0 saturated carbocycles. The average molecular weight is 249 g/mol. The number of hydrogen-bond acceptors (Lipinski definition) is 2. The van der Waals surface area contributed by atoms with Crippen molar-refractivity contribution in [1.82, 2.24) is 5.32 Å². The van der Waals surface area contributed by atoms with Gasteiger partial charge in [-0.15, -0.1) is 0 Å². The number of carboxylic acids is 1. The molecule has 1 rings (SSSR count). The van der Waals surface area contributed by atoms with E-state index in [0.29, 0.717) is 6.42 Å². The van der Waals surface area contributed by atoms with Gasteiger partial charge in [0.05, 0.1) is 6.42 Å². The molecule has 0 aliphatic carbocycles. The highest BCUT2D eigenvalue weighted by Gasteiger charge is 2.17. The molecule has 4 nitrogen and oxygen atoms in total. The van der Waals surface area contributed by atoms with Crippen LogP contribution in [0.25, 0.3) is 0 Å². The van der Waals surface area contributed by atoms with Crippen LogP contribution in [0.1, 0.15) is 30.0 Å². The summed E-state index contributed by atoms with van der Waals surface area (Å²) in [6, 6.07) is 5.01. The molecule has 0 heterocycles. The van der Waals surface area contributed by atoms with Crippen molar-refractivity contribution in [2.24, 2.45) is 0 Å². The molecule has 18 heavy (non-hydrogen) atoms. The van der Waals surface area contributed by atoms with E-state index in [1.807, 2.05) is 32.0 Å². The van der Waals surface area contributed by atoms with Crippen LogP contribution in [-0.4, -0.2) is 23.0 Å². The van der Waals surface area contributed by atoms with Crippen molar-refractivity contribution in [3.8, 4) is 0 Å². The van der Waals surface area contributed by atoms with Crippen molar-refractivity contribution in [2.45, 2.75) is 39.7 Å². The molecular weight excluding hydrogens is 230 g/mol. The highest BCUT2D eigenvalue weighted by molar-refractivity contribution is 5.84. The minimum absolute atomic E-state index is 0.213. The standard InChI is InChI=1S/C14H19NO3/c1-4-12(14(17)18)15-13(16)8-11-6-5-9(2)10(3)7-11/h5-7,12H,4,8H2,1-3H3,(H,15,16)(H,17,18)/t12-/m0/s1. The Hall–Kier alpha value is -1.84. The van der Waals surface area contributed by atoms with Crippen molar-refractivity contribution in [1.29, 1.82) is 0 Å². The molecule has 0 aromatic heterocycles. The van der Waals surface area contributed by atoms with Gasteiger partial charge in [0.2, 0.25) is 5.91 Å². The molecule has 1 atom stereocenters. The fraction of sp³-hybridized carbons (Fsp3) is 0.429. The first kappa shape index (κ1) is 14.2. The lowest BCUT2D eigenvalue weighted by Gasteiger charge is -2.12. The van der Waals surface area contributed by atoms with Crippen LogP contribution in [0, 0.1) is 13.8 Å². The third-order valence-corrected chi connectivity index (χ3v) is 2.98. The fourth-order valence-electron chi connectivity index (χ4n) is 1.68. The van der Waals surface area contributed by atoms with Crippen molar-refractivity contribution in [3.63, 3.8) is 0 Å². The second-order valence-corrected chi connectivity index (χ2v) is 4.46. The maximum Gasteiger partial charge on any atom is 0.326 e. The zero-order chi connectivity index (χ0) is 13.7. The van der Waals surface area contributed by atoms with Crippen LogP contribution in [0.4, 0.5) is 0 Å². The van der Waals surface area contributed by atoms with Gasteiger partial charge in [-0.2, -0.15) is 0 Å². The van der Waals surface area contributed by atoms with E-state index in [4.69, 9.17) is 5.11 Å². The zero-order valence-electron chi connectivity index (χ0n) is 11.0. The van der Waals surface area contributed by atoms with Gasteiger partial charge in [-0.1, -0.05) is 25.1 Å². The molecule has 0 unspecified atom stereocenters. The summed E-state index contributed by atoms with van der Waals surface area (Å²) in [5, 5.41) is 11.4. The zero-order valence-corrected chi connectivity index (χ0v) is 11.0. The molecule has 0 bridgehead atoms. The number of hydrogen-bond donors (Lipinski definition) is 2. The molecule has 1 amide bonds. The largest absolute Gasteiger partial charge is 0.480 e. The third kappa shape index (κ3) is 3.87. The monoisotopic (exact) mass is 249 g/mol. The first-order valence-corrected chi connectivity index (χ1v) is 6.02. The van der Waals surface area contributed by atoms with E-state index in [0.717, 1.165) is 11.1 Å². The van der Waals surface area contributed by atoms with Gasteiger partial charge >= 0.3 is 5.97 Å². The first-order valence-electron chi connectivity index (χ1n) is 6.02. The Bertz CT molecular complexity index is 454. The fourth-order valence-corrected chi connectivity index (χ4v) is 1.68. The number of benzene rings is 1. The summed E-state index contributed by atoms with van der Waals surface area (Å²) in [7, 11) is 0. The Kier molecular flexibility index (Phi) is 4.89. The number of nitrogens with one attached hydrogen (secondary N) is 1. The Morgan fingerprint density at radius 3 is 2.44 bits per heavy atom. The van der Waals surface area contributed by atoms with Gasteiger partial charge in [-0.25, -0.2) is 4.79 Å². The highest BCUT2D eigenvalue weighted by atomic mass is 16.4. The van der Waals surface area contributed by atoms with Crippen molar-refractivity contribution >= 4 is 11.9 Å². The summed E-state index contributed by atoms with van der Waals surface area (Å²) in [6.07, 6.45) is 0.596. The molecule has 1 aromatic rings. The first-order chi connectivity index (χ1) is 8.43. The molecule has 0 fully saturated rings.